The molecule has 6 heteroatoms. The number of rotatable bonds is 4. The maximum absolute atomic E-state index is 12.5. The molecule has 1 aromatic heterocycles. The minimum absolute atomic E-state index is 0.105. The molecule has 2 atom stereocenters. The molecule has 18 heavy (non-hydrogen) atoms. The standard InChI is InChI=1S/C12H19NO3S2/c1-3-10-4-5-12(17-10)18(15,16)13-7-6-9(2)11(13)8-14/h4-5,9,11,14H,3,6-8H2,1-2H3. The van der Waals surface area contributed by atoms with Crippen molar-refractivity contribution in [2.24, 2.45) is 5.92 Å². The van der Waals surface area contributed by atoms with E-state index in [0.717, 1.165) is 17.7 Å². The Morgan fingerprint density at radius 1 is 1.50 bits per heavy atom. The summed E-state index contributed by atoms with van der Waals surface area (Å²) in [5.74, 6) is 0.218. The lowest BCUT2D eigenvalue weighted by molar-refractivity contribution is 0.191. The summed E-state index contributed by atoms with van der Waals surface area (Å²) >= 11 is 1.33. The van der Waals surface area contributed by atoms with E-state index in [4.69, 9.17) is 0 Å². The minimum Gasteiger partial charge on any atom is -0.395 e. The number of thiophene rings is 1. The van der Waals surface area contributed by atoms with Crippen molar-refractivity contribution in [2.75, 3.05) is 13.2 Å². The summed E-state index contributed by atoms with van der Waals surface area (Å²) in [7, 11) is -3.43. The highest BCUT2D eigenvalue weighted by Gasteiger charge is 2.39. The van der Waals surface area contributed by atoms with E-state index in [-0.39, 0.29) is 18.6 Å². The van der Waals surface area contributed by atoms with E-state index in [0.29, 0.717) is 10.8 Å². The van der Waals surface area contributed by atoms with Crippen LogP contribution >= 0.6 is 11.3 Å². The van der Waals surface area contributed by atoms with Gasteiger partial charge in [-0.15, -0.1) is 11.3 Å². The molecule has 0 saturated carbocycles. The lowest BCUT2D eigenvalue weighted by atomic mass is 10.0. The van der Waals surface area contributed by atoms with Gasteiger partial charge in [0.1, 0.15) is 4.21 Å². The Morgan fingerprint density at radius 3 is 2.78 bits per heavy atom. The van der Waals surface area contributed by atoms with E-state index in [1.807, 2.05) is 19.9 Å². The monoisotopic (exact) mass is 289 g/mol. The van der Waals surface area contributed by atoms with Gasteiger partial charge in [0.15, 0.2) is 0 Å². The second kappa shape index (κ2) is 5.28. The van der Waals surface area contributed by atoms with Crippen LogP contribution in [-0.2, 0) is 16.4 Å². The molecule has 2 unspecified atom stereocenters. The van der Waals surface area contributed by atoms with Crippen molar-refractivity contribution < 1.29 is 13.5 Å². The van der Waals surface area contributed by atoms with Crippen LogP contribution in [0.4, 0.5) is 0 Å². The Kier molecular flexibility index (Phi) is 4.11. The number of hydrogen-bond acceptors (Lipinski definition) is 4. The van der Waals surface area contributed by atoms with Crippen LogP contribution in [0.15, 0.2) is 16.3 Å². The highest BCUT2D eigenvalue weighted by Crippen LogP contribution is 2.32. The topological polar surface area (TPSA) is 57.6 Å². The first-order valence-electron chi connectivity index (χ1n) is 6.22. The van der Waals surface area contributed by atoms with Gasteiger partial charge in [0.25, 0.3) is 10.0 Å². The fourth-order valence-corrected chi connectivity index (χ4v) is 5.50. The summed E-state index contributed by atoms with van der Waals surface area (Å²) in [4.78, 5) is 1.07. The van der Waals surface area contributed by atoms with Gasteiger partial charge in [-0.25, -0.2) is 8.42 Å². The molecule has 1 saturated heterocycles. The number of aliphatic hydroxyl groups is 1. The third-order valence-electron chi connectivity index (χ3n) is 3.57. The molecule has 4 nitrogen and oxygen atoms in total. The van der Waals surface area contributed by atoms with Crippen molar-refractivity contribution in [1.82, 2.24) is 4.31 Å². The average molecular weight is 289 g/mol. The second-order valence-electron chi connectivity index (χ2n) is 4.71. The maximum atomic E-state index is 12.5. The van der Waals surface area contributed by atoms with Gasteiger partial charge in [-0.3, -0.25) is 0 Å². The average Bonchev–Trinajstić information content (AvgIpc) is 2.95. The molecule has 0 amide bonds. The van der Waals surface area contributed by atoms with Gasteiger partial charge in [-0.05, 0) is 30.9 Å². The number of nitrogens with zero attached hydrogens (tertiary/aromatic N) is 1. The van der Waals surface area contributed by atoms with Gasteiger partial charge in [0.05, 0.1) is 12.6 Å². The lowest BCUT2D eigenvalue weighted by Gasteiger charge is -2.23. The van der Waals surface area contributed by atoms with Crippen LogP contribution < -0.4 is 0 Å². The summed E-state index contributed by atoms with van der Waals surface area (Å²) in [5, 5.41) is 9.37. The van der Waals surface area contributed by atoms with Gasteiger partial charge >= 0.3 is 0 Å². The summed E-state index contributed by atoms with van der Waals surface area (Å²) < 4.78 is 26.9. The van der Waals surface area contributed by atoms with Gasteiger partial charge in [-0.1, -0.05) is 13.8 Å². The lowest BCUT2D eigenvalue weighted by Crippen LogP contribution is -2.39. The smallest absolute Gasteiger partial charge is 0.252 e. The summed E-state index contributed by atoms with van der Waals surface area (Å²) in [6.45, 7) is 4.40. The van der Waals surface area contributed by atoms with Gasteiger partial charge < -0.3 is 5.11 Å². The zero-order chi connectivity index (χ0) is 13.3. The number of aliphatic hydroxyl groups excluding tert-OH is 1. The molecule has 2 heterocycles. The molecule has 0 aromatic carbocycles. The van der Waals surface area contributed by atoms with Gasteiger partial charge in [0.2, 0.25) is 0 Å². The summed E-state index contributed by atoms with van der Waals surface area (Å²) in [6.07, 6.45) is 1.66. The molecule has 0 aliphatic carbocycles. The molecule has 1 aliphatic rings. The SMILES string of the molecule is CCc1ccc(S(=O)(=O)N2CCC(C)C2CO)s1. The Bertz CT molecular complexity index is 509. The van der Waals surface area contributed by atoms with E-state index >= 15 is 0 Å². The third kappa shape index (κ3) is 2.34. The van der Waals surface area contributed by atoms with E-state index < -0.39 is 10.0 Å². The normalized spacial score (nSPS) is 25.7. The van der Waals surface area contributed by atoms with Crippen molar-refractivity contribution in [3.05, 3.63) is 17.0 Å². The largest absolute Gasteiger partial charge is 0.395 e. The Hall–Kier alpha value is -0.430. The molecule has 0 bridgehead atoms. The predicted molar refractivity (Wildman–Crippen MR) is 72.2 cm³/mol. The summed E-state index contributed by atoms with van der Waals surface area (Å²) in [5.41, 5.74) is 0. The molecule has 0 spiro atoms. The van der Waals surface area contributed by atoms with E-state index in [1.54, 1.807) is 6.07 Å². The summed E-state index contributed by atoms with van der Waals surface area (Å²) in [6, 6.07) is 3.27. The van der Waals surface area contributed by atoms with E-state index in [9.17, 15) is 13.5 Å². The number of aryl methyl sites for hydroxylation is 1. The minimum atomic E-state index is -3.43. The first-order chi connectivity index (χ1) is 8.50. The van der Waals surface area contributed by atoms with Crippen molar-refractivity contribution in [3.8, 4) is 0 Å². The highest BCUT2D eigenvalue weighted by molar-refractivity contribution is 7.91. The molecule has 1 aromatic rings. The van der Waals surface area contributed by atoms with Crippen molar-refractivity contribution in [3.63, 3.8) is 0 Å². The van der Waals surface area contributed by atoms with Crippen LogP contribution in [0.3, 0.4) is 0 Å². The Morgan fingerprint density at radius 2 is 2.22 bits per heavy atom. The zero-order valence-corrected chi connectivity index (χ0v) is 12.3. The van der Waals surface area contributed by atoms with Crippen molar-refractivity contribution >= 4 is 21.4 Å². The molecular weight excluding hydrogens is 270 g/mol. The molecule has 2 rings (SSSR count). The van der Waals surface area contributed by atoms with Crippen LogP contribution in [0.1, 0.15) is 25.1 Å². The molecule has 0 radical (unpaired) electrons. The molecule has 1 fully saturated rings. The molecule has 102 valence electrons. The molecule has 1 N–H and O–H groups in total. The fraction of sp³-hybridized carbons (Fsp3) is 0.667. The van der Waals surface area contributed by atoms with Gasteiger partial charge in [-0.2, -0.15) is 4.31 Å². The molecule has 1 aliphatic heterocycles. The first kappa shape index (κ1) is 14.0. The van der Waals surface area contributed by atoms with Gasteiger partial charge in [0, 0.05) is 11.4 Å². The van der Waals surface area contributed by atoms with Crippen LogP contribution in [-0.4, -0.2) is 37.0 Å². The van der Waals surface area contributed by atoms with Crippen molar-refractivity contribution in [2.45, 2.75) is 36.9 Å². The van der Waals surface area contributed by atoms with Crippen LogP contribution in [0.25, 0.3) is 0 Å². The predicted octanol–water partition coefficient (Wildman–Crippen LogP) is 1.70. The Balaban J connectivity index is 2.31. The van der Waals surface area contributed by atoms with E-state index in [2.05, 4.69) is 0 Å². The van der Waals surface area contributed by atoms with Crippen LogP contribution in [0.2, 0.25) is 0 Å². The van der Waals surface area contributed by atoms with Crippen LogP contribution in [0.5, 0.6) is 0 Å². The number of hydrogen-bond donors (Lipinski definition) is 1. The zero-order valence-electron chi connectivity index (χ0n) is 10.7. The Labute approximate surface area is 112 Å². The number of sulfonamides is 1. The molecular formula is C12H19NO3S2. The second-order valence-corrected chi connectivity index (χ2v) is 7.99. The third-order valence-corrected chi connectivity index (χ3v) is 7.19. The quantitative estimate of drug-likeness (QED) is 0.918. The van der Waals surface area contributed by atoms with E-state index in [1.165, 1.54) is 15.6 Å². The van der Waals surface area contributed by atoms with Crippen molar-refractivity contribution in [1.29, 1.82) is 0 Å². The fourth-order valence-electron chi connectivity index (χ4n) is 2.34. The van der Waals surface area contributed by atoms with Crippen LogP contribution in [0, 0.1) is 5.92 Å². The first-order valence-corrected chi connectivity index (χ1v) is 8.47. The highest BCUT2D eigenvalue weighted by atomic mass is 32.2. The maximum Gasteiger partial charge on any atom is 0.252 e.